The zero-order valence-corrected chi connectivity index (χ0v) is 10.2. The number of nitrogens with zero attached hydrogens (tertiary/aromatic N) is 4. The Balaban J connectivity index is 2.50. The standard InChI is InChI=1S/C11H17N5/c1-5-12-11-13-8(2)6-16(11)10-7-15(4)14-9(10)3/h6-7H,5H2,1-4H3,(H,12,13). The van der Waals surface area contributed by atoms with E-state index < -0.39 is 0 Å². The van der Waals surface area contributed by atoms with Crippen molar-refractivity contribution >= 4 is 5.95 Å². The molecule has 0 aromatic carbocycles. The Morgan fingerprint density at radius 1 is 1.31 bits per heavy atom. The predicted octanol–water partition coefficient (Wildman–Crippen LogP) is 1.65. The highest BCUT2D eigenvalue weighted by atomic mass is 15.3. The fraction of sp³-hybridized carbons (Fsp3) is 0.455. The van der Waals surface area contributed by atoms with Crippen LogP contribution in [0, 0.1) is 13.8 Å². The number of anilines is 1. The Kier molecular flexibility index (Phi) is 2.68. The summed E-state index contributed by atoms with van der Waals surface area (Å²) >= 11 is 0. The van der Waals surface area contributed by atoms with Crippen LogP contribution in [-0.2, 0) is 7.05 Å². The molecule has 1 N–H and O–H groups in total. The van der Waals surface area contributed by atoms with Gasteiger partial charge in [-0.05, 0) is 20.8 Å². The molecule has 5 heteroatoms. The number of hydrogen-bond acceptors (Lipinski definition) is 3. The molecule has 0 atom stereocenters. The smallest absolute Gasteiger partial charge is 0.207 e. The second-order valence-corrected chi connectivity index (χ2v) is 3.88. The molecule has 0 unspecified atom stereocenters. The maximum Gasteiger partial charge on any atom is 0.207 e. The third-order valence-corrected chi connectivity index (χ3v) is 2.41. The lowest BCUT2D eigenvalue weighted by atomic mass is 10.4. The topological polar surface area (TPSA) is 47.7 Å². The van der Waals surface area contributed by atoms with E-state index in [1.54, 1.807) is 0 Å². The minimum Gasteiger partial charge on any atom is -0.356 e. The van der Waals surface area contributed by atoms with Crippen molar-refractivity contribution in [1.82, 2.24) is 19.3 Å². The lowest BCUT2D eigenvalue weighted by Crippen LogP contribution is -2.05. The Labute approximate surface area is 95.1 Å². The summed E-state index contributed by atoms with van der Waals surface area (Å²) in [4.78, 5) is 4.44. The maximum atomic E-state index is 4.44. The van der Waals surface area contributed by atoms with Gasteiger partial charge in [0.1, 0.15) is 0 Å². The molecule has 0 aliphatic heterocycles. The third-order valence-electron chi connectivity index (χ3n) is 2.41. The molecule has 0 radical (unpaired) electrons. The van der Waals surface area contributed by atoms with Crippen LogP contribution in [0.2, 0.25) is 0 Å². The van der Waals surface area contributed by atoms with E-state index in [0.29, 0.717) is 0 Å². The minimum absolute atomic E-state index is 0.857. The summed E-state index contributed by atoms with van der Waals surface area (Å²) < 4.78 is 3.86. The summed E-state index contributed by atoms with van der Waals surface area (Å²) in [5.41, 5.74) is 3.07. The highest BCUT2D eigenvalue weighted by molar-refractivity contribution is 5.44. The van der Waals surface area contributed by atoms with Crippen molar-refractivity contribution in [2.45, 2.75) is 20.8 Å². The first-order valence-electron chi connectivity index (χ1n) is 5.42. The van der Waals surface area contributed by atoms with Gasteiger partial charge < -0.3 is 5.32 Å². The number of hydrogen-bond donors (Lipinski definition) is 1. The normalized spacial score (nSPS) is 10.8. The summed E-state index contributed by atoms with van der Waals surface area (Å²) in [6.07, 6.45) is 4.01. The third kappa shape index (κ3) is 1.80. The summed E-state index contributed by atoms with van der Waals surface area (Å²) in [5.74, 6) is 0.871. The van der Waals surface area contributed by atoms with Crippen molar-refractivity contribution < 1.29 is 0 Å². The van der Waals surface area contributed by atoms with Gasteiger partial charge in [-0.3, -0.25) is 9.25 Å². The number of aryl methyl sites for hydroxylation is 3. The van der Waals surface area contributed by atoms with E-state index in [1.807, 2.05) is 42.5 Å². The van der Waals surface area contributed by atoms with E-state index in [2.05, 4.69) is 22.3 Å². The maximum absolute atomic E-state index is 4.44. The molecule has 0 aliphatic carbocycles. The summed E-state index contributed by atoms with van der Waals surface area (Å²) in [6, 6.07) is 0. The first-order valence-corrected chi connectivity index (χ1v) is 5.42. The Morgan fingerprint density at radius 3 is 2.62 bits per heavy atom. The van der Waals surface area contributed by atoms with E-state index in [0.717, 1.165) is 29.6 Å². The Morgan fingerprint density at radius 2 is 2.06 bits per heavy atom. The van der Waals surface area contributed by atoms with Gasteiger partial charge in [-0.1, -0.05) is 0 Å². The van der Waals surface area contributed by atoms with Gasteiger partial charge in [-0.15, -0.1) is 0 Å². The van der Waals surface area contributed by atoms with Gasteiger partial charge in [0.05, 0.1) is 17.1 Å². The molecule has 0 spiro atoms. The molecule has 2 rings (SSSR count). The molecule has 2 aromatic heterocycles. The van der Waals surface area contributed by atoms with Crippen LogP contribution in [0.5, 0.6) is 0 Å². The predicted molar refractivity (Wildman–Crippen MR) is 64.0 cm³/mol. The van der Waals surface area contributed by atoms with E-state index in [1.165, 1.54) is 0 Å². The van der Waals surface area contributed by atoms with Crippen LogP contribution in [0.3, 0.4) is 0 Å². The monoisotopic (exact) mass is 219 g/mol. The molecule has 16 heavy (non-hydrogen) atoms. The average molecular weight is 219 g/mol. The van der Waals surface area contributed by atoms with Crippen LogP contribution >= 0.6 is 0 Å². The zero-order chi connectivity index (χ0) is 11.7. The summed E-state index contributed by atoms with van der Waals surface area (Å²) in [6.45, 7) is 6.91. The first kappa shape index (κ1) is 10.7. The molecule has 5 nitrogen and oxygen atoms in total. The number of aromatic nitrogens is 4. The number of imidazole rings is 1. The molecular formula is C11H17N5. The molecule has 0 fully saturated rings. The molecule has 0 aliphatic rings. The minimum atomic E-state index is 0.857. The van der Waals surface area contributed by atoms with Crippen LogP contribution in [0.4, 0.5) is 5.95 Å². The van der Waals surface area contributed by atoms with E-state index >= 15 is 0 Å². The highest BCUT2D eigenvalue weighted by Crippen LogP contribution is 2.18. The van der Waals surface area contributed by atoms with Gasteiger partial charge in [-0.25, -0.2) is 4.98 Å². The molecule has 0 bridgehead atoms. The van der Waals surface area contributed by atoms with Gasteiger partial charge in [0.15, 0.2) is 0 Å². The van der Waals surface area contributed by atoms with Crippen LogP contribution in [0.25, 0.3) is 5.69 Å². The molecule has 0 amide bonds. The van der Waals surface area contributed by atoms with E-state index in [4.69, 9.17) is 0 Å². The van der Waals surface area contributed by atoms with Gasteiger partial charge in [0.2, 0.25) is 5.95 Å². The van der Waals surface area contributed by atoms with Crippen LogP contribution < -0.4 is 5.32 Å². The molecule has 86 valence electrons. The van der Waals surface area contributed by atoms with Gasteiger partial charge in [-0.2, -0.15) is 5.10 Å². The lowest BCUT2D eigenvalue weighted by molar-refractivity contribution is 0.756. The first-order chi connectivity index (χ1) is 7.61. The van der Waals surface area contributed by atoms with Crippen molar-refractivity contribution in [1.29, 1.82) is 0 Å². The molecule has 0 saturated heterocycles. The quantitative estimate of drug-likeness (QED) is 0.854. The molecule has 0 saturated carbocycles. The highest BCUT2D eigenvalue weighted by Gasteiger charge is 2.11. The van der Waals surface area contributed by atoms with Crippen molar-refractivity contribution in [3.8, 4) is 5.69 Å². The average Bonchev–Trinajstić information content (AvgIpc) is 2.70. The van der Waals surface area contributed by atoms with Crippen molar-refractivity contribution in [3.05, 3.63) is 23.8 Å². The lowest BCUT2D eigenvalue weighted by Gasteiger charge is -2.06. The van der Waals surface area contributed by atoms with E-state index in [9.17, 15) is 0 Å². The van der Waals surface area contributed by atoms with Crippen molar-refractivity contribution in [2.24, 2.45) is 7.05 Å². The zero-order valence-electron chi connectivity index (χ0n) is 10.2. The van der Waals surface area contributed by atoms with Crippen LogP contribution in [0.15, 0.2) is 12.4 Å². The number of rotatable bonds is 3. The van der Waals surface area contributed by atoms with Crippen molar-refractivity contribution in [2.75, 3.05) is 11.9 Å². The summed E-state index contributed by atoms with van der Waals surface area (Å²) in [7, 11) is 1.92. The van der Waals surface area contributed by atoms with Crippen LogP contribution in [-0.4, -0.2) is 25.9 Å². The second kappa shape index (κ2) is 4.00. The fourth-order valence-corrected chi connectivity index (χ4v) is 1.79. The van der Waals surface area contributed by atoms with Gasteiger partial charge >= 0.3 is 0 Å². The van der Waals surface area contributed by atoms with Crippen molar-refractivity contribution in [3.63, 3.8) is 0 Å². The molecular weight excluding hydrogens is 202 g/mol. The van der Waals surface area contributed by atoms with Gasteiger partial charge in [0.25, 0.3) is 0 Å². The Bertz CT molecular complexity index is 494. The molecule has 2 aromatic rings. The van der Waals surface area contributed by atoms with Gasteiger partial charge in [0, 0.05) is 26.0 Å². The fourth-order valence-electron chi connectivity index (χ4n) is 1.79. The number of nitrogens with one attached hydrogen (secondary N) is 1. The second-order valence-electron chi connectivity index (χ2n) is 3.88. The van der Waals surface area contributed by atoms with E-state index in [-0.39, 0.29) is 0 Å². The molecule has 2 heterocycles. The summed E-state index contributed by atoms with van der Waals surface area (Å²) in [5, 5.41) is 7.58. The van der Waals surface area contributed by atoms with Crippen LogP contribution in [0.1, 0.15) is 18.3 Å². The SMILES string of the molecule is CCNc1nc(C)cn1-c1cn(C)nc1C. The Hall–Kier alpha value is -1.78. The largest absolute Gasteiger partial charge is 0.356 e.